The van der Waals surface area contributed by atoms with E-state index in [1.807, 2.05) is 79.9 Å². The highest BCUT2D eigenvalue weighted by Gasteiger charge is 2.41. The van der Waals surface area contributed by atoms with Crippen molar-refractivity contribution in [1.29, 1.82) is 0 Å². The van der Waals surface area contributed by atoms with Crippen molar-refractivity contribution in [2.75, 3.05) is 6.61 Å². The van der Waals surface area contributed by atoms with Gasteiger partial charge in [0.25, 0.3) is 0 Å². The number of hydrogen-bond acceptors (Lipinski definition) is 5. The van der Waals surface area contributed by atoms with Gasteiger partial charge in [-0.3, -0.25) is 9.97 Å². The van der Waals surface area contributed by atoms with E-state index in [4.69, 9.17) is 21.4 Å². The molecule has 2 atom stereocenters. The standard InChI is InChI=1S/C26H24N4O2S/c1-2-31-20-10-8-19(9-11-20)22-12-13-23(32-22)25-24(21-7-3-4-15-28-21)29-26(33)30(25)17-18-6-5-14-27-16-18/h3-16,24-25H,2,17H2,1H3,(H,29,33)/t24-,25-/m0/s1. The summed E-state index contributed by atoms with van der Waals surface area (Å²) in [5.41, 5.74) is 2.98. The quantitative estimate of drug-likeness (QED) is 0.378. The fraction of sp³-hybridized carbons (Fsp3) is 0.192. The molecule has 4 heterocycles. The summed E-state index contributed by atoms with van der Waals surface area (Å²) in [5.74, 6) is 2.47. The molecule has 1 aliphatic rings. The van der Waals surface area contributed by atoms with Gasteiger partial charge in [0.05, 0.1) is 18.3 Å². The monoisotopic (exact) mass is 456 g/mol. The Hall–Kier alpha value is -3.71. The summed E-state index contributed by atoms with van der Waals surface area (Å²) >= 11 is 5.74. The summed E-state index contributed by atoms with van der Waals surface area (Å²) < 4.78 is 12.0. The van der Waals surface area contributed by atoms with E-state index in [9.17, 15) is 0 Å². The third-order valence-electron chi connectivity index (χ3n) is 5.64. The van der Waals surface area contributed by atoms with Crippen LogP contribution in [-0.4, -0.2) is 26.6 Å². The summed E-state index contributed by atoms with van der Waals surface area (Å²) in [4.78, 5) is 11.0. The second-order valence-corrected chi connectivity index (χ2v) is 8.16. The van der Waals surface area contributed by atoms with Crippen LogP contribution in [0.25, 0.3) is 11.3 Å². The smallest absolute Gasteiger partial charge is 0.170 e. The minimum absolute atomic E-state index is 0.130. The van der Waals surface area contributed by atoms with Crippen LogP contribution >= 0.6 is 12.2 Å². The summed E-state index contributed by atoms with van der Waals surface area (Å²) in [6, 6.07) is 21.6. The predicted octanol–water partition coefficient (Wildman–Crippen LogP) is 5.31. The third-order valence-corrected chi connectivity index (χ3v) is 5.99. The highest BCUT2D eigenvalue weighted by atomic mass is 32.1. The average Bonchev–Trinajstić information content (AvgIpc) is 3.46. The number of thiocarbonyl (C=S) groups is 1. The van der Waals surface area contributed by atoms with Gasteiger partial charge in [0.15, 0.2) is 5.11 Å². The van der Waals surface area contributed by atoms with E-state index < -0.39 is 0 Å². The molecular formula is C26H24N4O2S. The summed E-state index contributed by atoms with van der Waals surface area (Å²) in [5, 5.41) is 4.12. The minimum atomic E-state index is -0.149. The van der Waals surface area contributed by atoms with Gasteiger partial charge in [-0.2, -0.15) is 0 Å². The molecular weight excluding hydrogens is 432 g/mol. The first kappa shape index (κ1) is 21.2. The van der Waals surface area contributed by atoms with E-state index >= 15 is 0 Å². The zero-order valence-corrected chi connectivity index (χ0v) is 19.0. The number of nitrogens with zero attached hydrogens (tertiary/aromatic N) is 3. The number of ether oxygens (including phenoxy) is 1. The van der Waals surface area contributed by atoms with E-state index in [0.717, 1.165) is 34.1 Å². The van der Waals surface area contributed by atoms with Crippen LogP contribution in [0.3, 0.4) is 0 Å². The number of furan rings is 1. The maximum Gasteiger partial charge on any atom is 0.170 e. The molecule has 33 heavy (non-hydrogen) atoms. The van der Waals surface area contributed by atoms with Gasteiger partial charge in [-0.1, -0.05) is 12.1 Å². The van der Waals surface area contributed by atoms with E-state index in [0.29, 0.717) is 18.3 Å². The first-order valence-electron chi connectivity index (χ1n) is 10.9. The molecule has 1 saturated heterocycles. The van der Waals surface area contributed by atoms with Crippen LogP contribution in [0.5, 0.6) is 5.75 Å². The van der Waals surface area contributed by atoms with Crippen LogP contribution in [0.15, 0.2) is 89.7 Å². The SMILES string of the molecule is CCOc1ccc(-c2ccc([C@H]3[C@H](c4ccccn4)NC(=S)N3Cc3cccnc3)o2)cc1. The average molecular weight is 457 g/mol. The van der Waals surface area contributed by atoms with Gasteiger partial charge in [0.2, 0.25) is 0 Å². The van der Waals surface area contributed by atoms with Crippen molar-refractivity contribution >= 4 is 17.3 Å². The van der Waals surface area contributed by atoms with Gasteiger partial charge in [-0.15, -0.1) is 0 Å². The molecule has 0 unspecified atom stereocenters. The Morgan fingerprint density at radius 3 is 2.64 bits per heavy atom. The van der Waals surface area contributed by atoms with Gasteiger partial charge in [0, 0.05) is 30.7 Å². The number of benzene rings is 1. The molecule has 1 fully saturated rings. The molecule has 0 amide bonds. The maximum atomic E-state index is 6.40. The Balaban J connectivity index is 1.49. The van der Waals surface area contributed by atoms with Crippen LogP contribution in [0.2, 0.25) is 0 Å². The van der Waals surface area contributed by atoms with Crippen LogP contribution in [0, 0.1) is 0 Å². The fourth-order valence-corrected chi connectivity index (χ4v) is 4.43. The molecule has 0 spiro atoms. The predicted molar refractivity (Wildman–Crippen MR) is 131 cm³/mol. The van der Waals surface area contributed by atoms with Crippen molar-refractivity contribution in [3.8, 4) is 17.1 Å². The van der Waals surface area contributed by atoms with E-state index in [-0.39, 0.29) is 12.1 Å². The lowest BCUT2D eigenvalue weighted by Crippen LogP contribution is -2.29. The number of hydrogen-bond donors (Lipinski definition) is 1. The number of aromatic nitrogens is 2. The van der Waals surface area contributed by atoms with Crippen molar-refractivity contribution in [1.82, 2.24) is 20.2 Å². The number of rotatable bonds is 7. The molecule has 5 rings (SSSR count). The lowest BCUT2D eigenvalue weighted by Gasteiger charge is -2.26. The molecule has 0 saturated carbocycles. The van der Waals surface area contributed by atoms with Crippen LogP contribution in [0.4, 0.5) is 0 Å². The first-order chi connectivity index (χ1) is 16.2. The van der Waals surface area contributed by atoms with Crippen molar-refractivity contribution in [2.45, 2.75) is 25.6 Å². The Morgan fingerprint density at radius 2 is 1.91 bits per heavy atom. The van der Waals surface area contributed by atoms with Crippen LogP contribution in [0.1, 0.15) is 36.0 Å². The Morgan fingerprint density at radius 1 is 1.03 bits per heavy atom. The lowest BCUT2D eigenvalue weighted by molar-refractivity contribution is 0.269. The third kappa shape index (κ3) is 4.45. The van der Waals surface area contributed by atoms with Gasteiger partial charge in [-0.05, 0) is 79.3 Å². The number of nitrogens with one attached hydrogen (secondary N) is 1. The van der Waals surface area contributed by atoms with Gasteiger partial charge in [0.1, 0.15) is 23.3 Å². The topological polar surface area (TPSA) is 63.4 Å². The zero-order valence-electron chi connectivity index (χ0n) is 18.2. The van der Waals surface area contributed by atoms with Crippen molar-refractivity contribution in [2.24, 2.45) is 0 Å². The zero-order chi connectivity index (χ0) is 22.6. The maximum absolute atomic E-state index is 6.40. The molecule has 0 aliphatic carbocycles. The molecule has 6 nitrogen and oxygen atoms in total. The molecule has 1 aliphatic heterocycles. The molecule has 166 valence electrons. The summed E-state index contributed by atoms with van der Waals surface area (Å²) in [7, 11) is 0. The highest BCUT2D eigenvalue weighted by Crippen LogP contribution is 2.41. The van der Waals surface area contributed by atoms with Crippen molar-refractivity contribution < 1.29 is 9.15 Å². The summed E-state index contributed by atoms with van der Waals surface area (Å²) in [6.45, 7) is 3.23. The van der Waals surface area contributed by atoms with Crippen molar-refractivity contribution in [3.63, 3.8) is 0 Å². The first-order valence-corrected chi connectivity index (χ1v) is 11.3. The molecule has 3 aromatic heterocycles. The van der Waals surface area contributed by atoms with E-state index in [2.05, 4.69) is 20.2 Å². The van der Waals surface area contributed by atoms with Crippen molar-refractivity contribution in [3.05, 3.63) is 102 Å². The largest absolute Gasteiger partial charge is 0.494 e. The molecule has 7 heteroatoms. The molecule has 0 radical (unpaired) electrons. The van der Waals surface area contributed by atoms with Gasteiger partial charge >= 0.3 is 0 Å². The van der Waals surface area contributed by atoms with Crippen LogP contribution in [-0.2, 0) is 6.54 Å². The minimum Gasteiger partial charge on any atom is -0.494 e. The Bertz CT molecular complexity index is 1210. The Kier molecular flexibility index (Phi) is 6.04. The molecule has 1 aromatic carbocycles. The van der Waals surface area contributed by atoms with E-state index in [1.54, 1.807) is 12.4 Å². The van der Waals surface area contributed by atoms with Gasteiger partial charge < -0.3 is 19.4 Å². The van der Waals surface area contributed by atoms with Gasteiger partial charge in [-0.25, -0.2) is 0 Å². The molecule has 4 aromatic rings. The molecule has 1 N–H and O–H groups in total. The normalized spacial score (nSPS) is 17.7. The van der Waals surface area contributed by atoms with Crippen LogP contribution < -0.4 is 10.1 Å². The Labute approximate surface area is 198 Å². The second kappa shape index (κ2) is 9.42. The second-order valence-electron chi connectivity index (χ2n) is 7.78. The fourth-order valence-electron chi connectivity index (χ4n) is 4.12. The summed E-state index contributed by atoms with van der Waals surface area (Å²) in [6.07, 6.45) is 5.43. The highest BCUT2D eigenvalue weighted by molar-refractivity contribution is 7.80. The van der Waals surface area contributed by atoms with E-state index in [1.165, 1.54) is 0 Å². The lowest BCUT2D eigenvalue weighted by atomic mass is 10.0. The number of pyridine rings is 2. The molecule has 0 bridgehead atoms.